The number of nitrogens with zero attached hydrogens (tertiary/aromatic N) is 1. The highest BCUT2D eigenvalue weighted by atomic mass is 35.5. The average molecular weight is 359 g/mol. The number of hydrogen-bond acceptors (Lipinski definition) is 3. The lowest BCUT2D eigenvalue weighted by Gasteiger charge is -2.21. The smallest absolute Gasteiger partial charge is 0.244 e. The molecular weight excluding hydrogens is 340 g/mol. The van der Waals surface area contributed by atoms with Crippen molar-refractivity contribution in [3.63, 3.8) is 0 Å². The second-order valence-electron chi connectivity index (χ2n) is 5.72. The Bertz CT molecular complexity index is 816. The average Bonchev–Trinajstić information content (AvgIpc) is 2.56. The number of halogens is 1. The van der Waals surface area contributed by atoms with Crippen LogP contribution in [0.3, 0.4) is 0 Å². The number of rotatable bonds is 5. The number of carbonyl (C=O) groups is 3. The van der Waals surface area contributed by atoms with Crippen LogP contribution >= 0.6 is 11.6 Å². The number of amides is 2. The molecule has 6 heteroatoms. The molecule has 0 aromatic heterocycles. The van der Waals surface area contributed by atoms with E-state index in [1.807, 2.05) is 6.92 Å². The Kier molecular flexibility index (Phi) is 5.93. The quantitative estimate of drug-likeness (QED) is 0.826. The lowest BCUT2D eigenvalue weighted by molar-refractivity contribution is -0.120. The molecule has 130 valence electrons. The zero-order chi connectivity index (χ0) is 18.6. The van der Waals surface area contributed by atoms with E-state index < -0.39 is 0 Å². The maximum absolute atomic E-state index is 12.3. The number of Topliss-reactive ketones (excluding diaryl/α,β-unsaturated/α-hetero) is 1. The fourth-order valence-corrected chi connectivity index (χ4v) is 2.46. The van der Waals surface area contributed by atoms with Crippen molar-refractivity contribution in [3.8, 4) is 0 Å². The summed E-state index contributed by atoms with van der Waals surface area (Å²) >= 11 is 6.05. The molecule has 0 bridgehead atoms. The molecule has 0 atom stereocenters. The topological polar surface area (TPSA) is 66.5 Å². The molecule has 1 N–H and O–H groups in total. The molecule has 0 fully saturated rings. The van der Waals surface area contributed by atoms with Crippen LogP contribution in [-0.2, 0) is 9.59 Å². The van der Waals surface area contributed by atoms with Crippen molar-refractivity contribution in [1.29, 1.82) is 0 Å². The first kappa shape index (κ1) is 18.7. The molecule has 0 heterocycles. The van der Waals surface area contributed by atoms with E-state index in [4.69, 9.17) is 11.6 Å². The molecule has 2 rings (SSSR count). The monoisotopic (exact) mass is 358 g/mol. The predicted octanol–water partition coefficient (Wildman–Crippen LogP) is 3.84. The van der Waals surface area contributed by atoms with Crippen molar-refractivity contribution >= 4 is 40.6 Å². The van der Waals surface area contributed by atoms with Crippen LogP contribution in [0, 0.1) is 6.92 Å². The summed E-state index contributed by atoms with van der Waals surface area (Å²) in [4.78, 5) is 36.9. The van der Waals surface area contributed by atoms with Crippen LogP contribution in [0.15, 0.2) is 42.5 Å². The highest BCUT2D eigenvalue weighted by Crippen LogP contribution is 2.20. The summed E-state index contributed by atoms with van der Waals surface area (Å²) in [6, 6.07) is 11.8. The highest BCUT2D eigenvalue weighted by Gasteiger charge is 2.16. The van der Waals surface area contributed by atoms with Gasteiger partial charge >= 0.3 is 0 Å². The van der Waals surface area contributed by atoms with Gasteiger partial charge in [0.1, 0.15) is 6.54 Å². The number of aryl methyl sites for hydroxylation is 1. The van der Waals surface area contributed by atoms with E-state index in [0.717, 1.165) is 5.56 Å². The van der Waals surface area contributed by atoms with Gasteiger partial charge in [-0.05, 0) is 55.8 Å². The van der Waals surface area contributed by atoms with Crippen molar-refractivity contribution in [1.82, 2.24) is 0 Å². The molecule has 2 aromatic rings. The lowest BCUT2D eigenvalue weighted by atomic mass is 10.1. The Morgan fingerprint density at radius 3 is 2.20 bits per heavy atom. The van der Waals surface area contributed by atoms with E-state index in [1.54, 1.807) is 42.5 Å². The molecule has 2 amide bonds. The van der Waals surface area contributed by atoms with Gasteiger partial charge in [-0.1, -0.05) is 17.7 Å². The molecule has 0 saturated heterocycles. The van der Waals surface area contributed by atoms with Gasteiger partial charge in [0.25, 0.3) is 0 Å². The van der Waals surface area contributed by atoms with E-state index in [9.17, 15) is 14.4 Å². The molecule has 0 spiro atoms. The third kappa shape index (κ3) is 4.90. The Hall–Kier alpha value is -2.66. The van der Waals surface area contributed by atoms with E-state index in [0.29, 0.717) is 22.0 Å². The zero-order valence-corrected chi connectivity index (χ0v) is 15.1. The summed E-state index contributed by atoms with van der Waals surface area (Å²) in [5, 5.41) is 3.28. The number of nitrogens with one attached hydrogen (secondary N) is 1. The van der Waals surface area contributed by atoms with E-state index in [2.05, 4.69) is 5.32 Å². The van der Waals surface area contributed by atoms with Gasteiger partial charge in [0.05, 0.1) is 0 Å². The first-order valence-electron chi connectivity index (χ1n) is 7.73. The fourth-order valence-electron chi connectivity index (χ4n) is 2.28. The van der Waals surface area contributed by atoms with Gasteiger partial charge in [-0.2, -0.15) is 0 Å². The van der Waals surface area contributed by atoms with Gasteiger partial charge < -0.3 is 10.2 Å². The number of anilines is 2. The number of benzene rings is 2. The first-order chi connectivity index (χ1) is 11.8. The molecule has 0 unspecified atom stereocenters. The Morgan fingerprint density at radius 1 is 1.04 bits per heavy atom. The molecule has 2 aromatic carbocycles. The molecule has 0 saturated carbocycles. The Balaban J connectivity index is 2.12. The predicted molar refractivity (Wildman–Crippen MR) is 99.3 cm³/mol. The largest absolute Gasteiger partial charge is 0.324 e. The van der Waals surface area contributed by atoms with E-state index in [-0.39, 0.29) is 24.1 Å². The van der Waals surface area contributed by atoms with Gasteiger partial charge in [0.15, 0.2) is 5.78 Å². The minimum Gasteiger partial charge on any atom is -0.324 e. The Labute approximate surface area is 151 Å². The lowest BCUT2D eigenvalue weighted by Crippen LogP contribution is -2.36. The minimum absolute atomic E-state index is 0.0603. The summed E-state index contributed by atoms with van der Waals surface area (Å²) in [7, 11) is 0. The third-order valence-corrected chi connectivity index (χ3v) is 4.13. The highest BCUT2D eigenvalue weighted by molar-refractivity contribution is 6.31. The standard InChI is InChI=1S/C19H19ClN2O3/c1-12-4-7-16(10-18(12)20)21-19(25)11-22(14(3)24)17-8-5-15(6-9-17)13(2)23/h4-10H,11H2,1-3H3,(H,21,25). The zero-order valence-electron chi connectivity index (χ0n) is 14.3. The van der Waals surface area contributed by atoms with Crippen LogP contribution in [0.5, 0.6) is 0 Å². The maximum Gasteiger partial charge on any atom is 0.244 e. The summed E-state index contributed by atoms with van der Waals surface area (Å²) in [6.45, 7) is 4.59. The van der Waals surface area contributed by atoms with Gasteiger partial charge in [-0.15, -0.1) is 0 Å². The fraction of sp³-hybridized carbons (Fsp3) is 0.211. The van der Waals surface area contributed by atoms with Crippen molar-refractivity contribution in [2.24, 2.45) is 0 Å². The summed E-state index contributed by atoms with van der Waals surface area (Å²) in [5.74, 6) is -0.673. The summed E-state index contributed by atoms with van der Waals surface area (Å²) < 4.78 is 0. The third-order valence-electron chi connectivity index (χ3n) is 3.72. The number of hydrogen-bond donors (Lipinski definition) is 1. The van der Waals surface area contributed by atoms with Crippen molar-refractivity contribution in [2.45, 2.75) is 20.8 Å². The van der Waals surface area contributed by atoms with Crippen LogP contribution in [0.4, 0.5) is 11.4 Å². The second-order valence-corrected chi connectivity index (χ2v) is 6.13. The van der Waals surface area contributed by atoms with Crippen LogP contribution in [0.2, 0.25) is 5.02 Å². The van der Waals surface area contributed by atoms with E-state index >= 15 is 0 Å². The van der Waals surface area contributed by atoms with E-state index in [1.165, 1.54) is 18.7 Å². The number of ketones is 1. The van der Waals surface area contributed by atoms with Gasteiger partial charge in [-0.25, -0.2) is 0 Å². The molecule has 0 radical (unpaired) electrons. The Morgan fingerprint density at radius 2 is 1.68 bits per heavy atom. The van der Waals surface area contributed by atoms with Crippen molar-refractivity contribution in [3.05, 3.63) is 58.6 Å². The van der Waals surface area contributed by atoms with Crippen molar-refractivity contribution < 1.29 is 14.4 Å². The maximum atomic E-state index is 12.3. The van der Waals surface area contributed by atoms with Crippen LogP contribution in [-0.4, -0.2) is 24.1 Å². The second kappa shape index (κ2) is 7.94. The minimum atomic E-state index is -0.342. The molecule has 0 aliphatic heterocycles. The molecule has 5 nitrogen and oxygen atoms in total. The van der Waals surface area contributed by atoms with Crippen LogP contribution in [0.1, 0.15) is 29.8 Å². The van der Waals surface area contributed by atoms with Gasteiger partial charge in [0, 0.05) is 28.9 Å². The first-order valence-corrected chi connectivity index (χ1v) is 8.11. The van der Waals surface area contributed by atoms with Gasteiger partial charge in [-0.3, -0.25) is 14.4 Å². The van der Waals surface area contributed by atoms with Gasteiger partial charge in [0.2, 0.25) is 11.8 Å². The summed E-state index contributed by atoms with van der Waals surface area (Å²) in [6.07, 6.45) is 0. The summed E-state index contributed by atoms with van der Waals surface area (Å²) in [5.41, 5.74) is 2.58. The molecule has 25 heavy (non-hydrogen) atoms. The normalized spacial score (nSPS) is 10.2. The molecule has 0 aliphatic rings. The SMILES string of the molecule is CC(=O)c1ccc(N(CC(=O)Nc2ccc(C)c(Cl)c2)C(C)=O)cc1. The molecular formula is C19H19ClN2O3. The van der Waals surface area contributed by atoms with Crippen molar-refractivity contribution in [2.75, 3.05) is 16.8 Å². The number of carbonyl (C=O) groups excluding carboxylic acids is 3. The molecule has 0 aliphatic carbocycles. The van der Waals surface area contributed by atoms with Crippen LogP contribution < -0.4 is 10.2 Å². The van der Waals surface area contributed by atoms with Crippen LogP contribution in [0.25, 0.3) is 0 Å².